The van der Waals surface area contributed by atoms with Crippen molar-refractivity contribution >= 4 is 11.5 Å². The second-order valence-corrected chi connectivity index (χ2v) is 3.67. The first-order valence-corrected chi connectivity index (χ1v) is 5.39. The van der Waals surface area contributed by atoms with Crippen LogP contribution in [0.15, 0.2) is 36.5 Å². The third kappa shape index (κ3) is 2.16. The molecule has 1 aromatic heterocycles. The lowest BCUT2D eigenvalue weighted by atomic mass is 10.2. The van der Waals surface area contributed by atoms with Crippen molar-refractivity contribution in [2.24, 2.45) is 0 Å². The van der Waals surface area contributed by atoms with Gasteiger partial charge in [0, 0.05) is 13.1 Å². The summed E-state index contributed by atoms with van der Waals surface area (Å²) in [7, 11) is 0. The van der Waals surface area contributed by atoms with Crippen molar-refractivity contribution in [2.45, 2.75) is 13.5 Å². The van der Waals surface area contributed by atoms with E-state index >= 15 is 0 Å². The summed E-state index contributed by atoms with van der Waals surface area (Å²) in [5.41, 5.74) is 8.04. The molecule has 1 heterocycles. The lowest BCUT2D eigenvalue weighted by molar-refractivity contribution is 0.834. The van der Waals surface area contributed by atoms with E-state index in [0.717, 1.165) is 18.8 Å². The molecular weight excluding hydrogens is 200 g/mol. The molecule has 0 amide bonds. The normalized spacial score (nSPS) is 10.3. The van der Waals surface area contributed by atoms with Gasteiger partial charge in [-0.05, 0) is 12.5 Å². The summed E-state index contributed by atoms with van der Waals surface area (Å²) in [6.07, 6.45) is 1.77. The zero-order valence-electron chi connectivity index (χ0n) is 9.35. The summed E-state index contributed by atoms with van der Waals surface area (Å²) in [5, 5.41) is 6.70. The van der Waals surface area contributed by atoms with E-state index in [0.29, 0.717) is 5.82 Å². The van der Waals surface area contributed by atoms with Crippen LogP contribution in [0, 0.1) is 0 Å². The molecule has 0 fully saturated rings. The van der Waals surface area contributed by atoms with Crippen LogP contribution in [0.5, 0.6) is 0 Å². The van der Waals surface area contributed by atoms with E-state index in [1.165, 1.54) is 5.56 Å². The van der Waals surface area contributed by atoms with Crippen LogP contribution in [-0.4, -0.2) is 16.7 Å². The predicted octanol–water partition coefficient (Wildman–Crippen LogP) is 2.02. The molecular formula is C12H16N4. The lowest BCUT2D eigenvalue weighted by Crippen LogP contribution is -2.22. The Morgan fingerprint density at radius 2 is 2.06 bits per heavy atom. The van der Waals surface area contributed by atoms with Crippen molar-refractivity contribution in [3.05, 3.63) is 42.1 Å². The van der Waals surface area contributed by atoms with Gasteiger partial charge < -0.3 is 10.6 Å². The Bertz CT molecular complexity index is 435. The van der Waals surface area contributed by atoms with Gasteiger partial charge >= 0.3 is 0 Å². The minimum atomic E-state index is 0.623. The number of H-pyrrole nitrogens is 1. The summed E-state index contributed by atoms with van der Waals surface area (Å²) in [5.74, 6) is 0.623. The second-order valence-electron chi connectivity index (χ2n) is 3.67. The average molecular weight is 216 g/mol. The summed E-state index contributed by atoms with van der Waals surface area (Å²) in [4.78, 5) is 2.19. The van der Waals surface area contributed by atoms with Crippen LogP contribution in [0.1, 0.15) is 12.5 Å². The van der Waals surface area contributed by atoms with Gasteiger partial charge in [-0.1, -0.05) is 30.3 Å². The van der Waals surface area contributed by atoms with Crippen LogP contribution < -0.4 is 10.6 Å². The highest BCUT2D eigenvalue weighted by Crippen LogP contribution is 2.21. The lowest BCUT2D eigenvalue weighted by Gasteiger charge is -2.21. The van der Waals surface area contributed by atoms with Crippen molar-refractivity contribution in [2.75, 3.05) is 17.2 Å². The molecule has 0 aliphatic heterocycles. The highest BCUT2D eigenvalue weighted by Gasteiger charge is 2.09. The summed E-state index contributed by atoms with van der Waals surface area (Å²) in [6, 6.07) is 10.3. The fourth-order valence-corrected chi connectivity index (χ4v) is 1.71. The molecule has 1 aromatic carbocycles. The number of nitrogen functional groups attached to an aromatic ring is 1. The van der Waals surface area contributed by atoms with E-state index < -0.39 is 0 Å². The van der Waals surface area contributed by atoms with Crippen LogP contribution in [0.4, 0.5) is 11.5 Å². The monoisotopic (exact) mass is 216 g/mol. The molecule has 84 valence electrons. The van der Waals surface area contributed by atoms with Crippen molar-refractivity contribution in [1.29, 1.82) is 0 Å². The van der Waals surface area contributed by atoms with Crippen molar-refractivity contribution in [3.63, 3.8) is 0 Å². The molecule has 3 N–H and O–H groups in total. The van der Waals surface area contributed by atoms with E-state index in [9.17, 15) is 0 Å². The van der Waals surface area contributed by atoms with Crippen LogP contribution in [0.25, 0.3) is 0 Å². The molecule has 0 atom stereocenters. The highest BCUT2D eigenvalue weighted by molar-refractivity contribution is 5.62. The number of nitrogens with two attached hydrogens (primary N) is 1. The number of nitrogens with zero attached hydrogens (tertiary/aromatic N) is 2. The Morgan fingerprint density at radius 1 is 1.31 bits per heavy atom. The molecule has 0 aliphatic rings. The average Bonchev–Trinajstić information content (AvgIpc) is 2.74. The number of aromatic nitrogens is 2. The van der Waals surface area contributed by atoms with Crippen LogP contribution >= 0.6 is 0 Å². The molecule has 2 rings (SSSR count). The third-order valence-corrected chi connectivity index (χ3v) is 2.59. The Morgan fingerprint density at radius 3 is 2.62 bits per heavy atom. The molecule has 0 spiro atoms. The second kappa shape index (κ2) is 4.70. The van der Waals surface area contributed by atoms with Gasteiger partial charge in [-0.3, -0.25) is 5.10 Å². The molecule has 4 heteroatoms. The van der Waals surface area contributed by atoms with Crippen LogP contribution in [0.3, 0.4) is 0 Å². The Hall–Kier alpha value is -1.97. The van der Waals surface area contributed by atoms with Gasteiger partial charge in [0.25, 0.3) is 0 Å². The van der Waals surface area contributed by atoms with Gasteiger partial charge in [-0.25, -0.2) is 0 Å². The van der Waals surface area contributed by atoms with Gasteiger partial charge in [-0.2, -0.15) is 5.10 Å². The molecule has 0 saturated heterocycles. The maximum Gasteiger partial charge on any atom is 0.142 e. The Labute approximate surface area is 95.1 Å². The van der Waals surface area contributed by atoms with Gasteiger partial charge in [0.2, 0.25) is 0 Å². The zero-order chi connectivity index (χ0) is 11.4. The first-order valence-electron chi connectivity index (χ1n) is 5.39. The van der Waals surface area contributed by atoms with Gasteiger partial charge in [0.1, 0.15) is 5.82 Å². The molecule has 0 bridgehead atoms. The van der Waals surface area contributed by atoms with E-state index in [1.807, 2.05) is 18.2 Å². The maximum atomic E-state index is 5.81. The minimum Gasteiger partial charge on any atom is -0.382 e. The summed E-state index contributed by atoms with van der Waals surface area (Å²) in [6.45, 7) is 3.86. The van der Waals surface area contributed by atoms with Crippen LogP contribution in [-0.2, 0) is 6.54 Å². The Kier molecular flexibility index (Phi) is 3.10. The van der Waals surface area contributed by atoms with E-state index in [4.69, 9.17) is 5.73 Å². The summed E-state index contributed by atoms with van der Waals surface area (Å²) >= 11 is 0. The van der Waals surface area contributed by atoms with Crippen molar-refractivity contribution in [1.82, 2.24) is 10.2 Å². The number of rotatable bonds is 4. The zero-order valence-corrected chi connectivity index (χ0v) is 9.35. The number of benzene rings is 1. The largest absolute Gasteiger partial charge is 0.382 e. The first-order chi connectivity index (χ1) is 7.81. The van der Waals surface area contributed by atoms with E-state index in [2.05, 4.69) is 34.2 Å². The standard InChI is InChI=1S/C12H16N4/c1-2-16(11-8-14-15-12(11)13)9-10-6-4-3-5-7-10/h3-8H,2,9H2,1H3,(H3,13,14,15). The molecule has 0 radical (unpaired) electrons. The molecule has 4 nitrogen and oxygen atoms in total. The van der Waals surface area contributed by atoms with Crippen molar-refractivity contribution in [3.8, 4) is 0 Å². The molecule has 0 saturated carbocycles. The fourth-order valence-electron chi connectivity index (χ4n) is 1.71. The van der Waals surface area contributed by atoms with Crippen molar-refractivity contribution < 1.29 is 0 Å². The molecule has 16 heavy (non-hydrogen) atoms. The fraction of sp³-hybridized carbons (Fsp3) is 0.250. The quantitative estimate of drug-likeness (QED) is 0.822. The smallest absolute Gasteiger partial charge is 0.142 e. The molecule has 0 unspecified atom stereocenters. The number of nitrogens with one attached hydrogen (secondary N) is 1. The van der Waals surface area contributed by atoms with Crippen LogP contribution in [0.2, 0.25) is 0 Å². The van der Waals surface area contributed by atoms with E-state index in [1.54, 1.807) is 6.20 Å². The SMILES string of the molecule is CCN(Cc1ccccc1)c1cn[nH]c1N. The number of aromatic amines is 1. The molecule has 0 aliphatic carbocycles. The Balaban J connectivity index is 2.16. The van der Waals surface area contributed by atoms with E-state index in [-0.39, 0.29) is 0 Å². The first kappa shape index (κ1) is 10.5. The van der Waals surface area contributed by atoms with Gasteiger partial charge in [-0.15, -0.1) is 0 Å². The highest BCUT2D eigenvalue weighted by atomic mass is 15.2. The number of anilines is 2. The number of hydrogen-bond donors (Lipinski definition) is 2. The number of hydrogen-bond acceptors (Lipinski definition) is 3. The minimum absolute atomic E-state index is 0.623. The maximum absolute atomic E-state index is 5.81. The third-order valence-electron chi connectivity index (χ3n) is 2.59. The summed E-state index contributed by atoms with van der Waals surface area (Å²) < 4.78 is 0. The van der Waals surface area contributed by atoms with Gasteiger partial charge in [0.15, 0.2) is 0 Å². The topological polar surface area (TPSA) is 57.9 Å². The van der Waals surface area contributed by atoms with Gasteiger partial charge in [0.05, 0.1) is 11.9 Å². The molecule has 2 aromatic rings. The predicted molar refractivity (Wildman–Crippen MR) is 66.2 cm³/mol.